The number of rotatable bonds is 6. The molecular weight excluding hydrogens is 306 g/mol. The third kappa shape index (κ3) is 4.51. The molecule has 7 nitrogen and oxygen atoms in total. The van der Waals surface area contributed by atoms with Gasteiger partial charge in [-0.05, 0) is 42.8 Å². The Hall–Kier alpha value is -1.99. The molecule has 1 amide bonds. The molecule has 0 saturated carbocycles. The number of carbonyl (C=O) groups excluding carboxylic acids is 1. The van der Waals surface area contributed by atoms with Gasteiger partial charge in [-0.2, -0.15) is 4.80 Å². The maximum Gasteiger partial charge on any atom is 0.245 e. The van der Waals surface area contributed by atoms with E-state index in [-0.39, 0.29) is 12.5 Å². The molecule has 0 aliphatic rings. The molecule has 0 fully saturated rings. The predicted octanol–water partition coefficient (Wildman–Crippen LogP) is 1.22. The molecule has 118 valence electrons. The number of hydrogen-bond acceptors (Lipinski definition) is 5. The van der Waals surface area contributed by atoms with E-state index in [4.69, 9.17) is 11.6 Å². The molecular formula is C14H18ClN5O2. The monoisotopic (exact) mass is 323 g/mol. The van der Waals surface area contributed by atoms with Crippen molar-refractivity contribution >= 4 is 17.5 Å². The Kier molecular flexibility index (Phi) is 5.46. The first-order valence-corrected chi connectivity index (χ1v) is 7.29. The first-order chi connectivity index (χ1) is 10.5. The molecule has 1 aromatic heterocycles. The third-order valence-electron chi connectivity index (χ3n) is 3.14. The highest BCUT2D eigenvalue weighted by molar-refractivity contribution is 6.30. The smallest absolute Gasteiger partial charge is 0.245 e. The van der Waals surface area contributed by atoms with Crippen LogP contribution in [0.1, 0.15) is 13.3 Å². The van der Waals surface area contributed by atoms with E-state index in [9.17, 15) is 9.90 Å². The molecule has 0 spiro atoms. The Balaban J connectivity index is 1.97. The van der Waals surface area contributed by atoms with Crippen molar-refractivity contribution in [2.75, 3.05) is 13.6 Å². The summed E-state index contributed by atoms with van der Waals surface area (Å²) in [6, 6.07) is 7.07. The molecule has 1 atom stereocenters. The van der Waals surface area contributed by atoms with Crippen molar-refractivity contribution in [2.24, 2.45) is 0 Å². The average Bonchev–Trinajstić information content (AvgIpc) is 2.93. The molecule has 0 aliphatic carbocycles. The number of aromatic nitrogens is 4. The van der Waals surface area contributed by atoms with Gasteiger partial charge in [0.1, 0.15) is 6.54 Å². The van der Waals surface area contributed by atoms with Crippen LogP contribution in [-0.2, 0) is 11.3 Å². The number of likely N-dealkylation sites (N-methyl/N-ethyl adjacent to an activating group) is 1. The van der Waals surface area contributed by atoms with Gasteiger partial charge in [0, 0.05) is 24.2 Å². The SMILES string of the molecule is CC(O)CCN(C)C(=O)Cn1nnc(-c2ccc(Cl)cc2)n1. The highest BCUT2D eigenvalue weighted by Gasteiger charge is 2.13. The number of hydrogen-bond donors (Lipinski definition) is 1. The lowest BCUT2D eigenvalue weighted by Gasteiger charge is -2.17. The summed E-state index contributed by atoms with van der Waals surface area (Å²) in [7, 11) is 1.68. The first-order valence-electron chi connectivity index (χ1n) is 6.91. The van der Waals surface area contributed by atoms with E-state index in [1.165, 1.54) is 9.70 Å². The maximum absolute atomic E-state index is 12.0. The predicted molar refractivity (Wildman–Crippen MR) is 82.2 cm³/mol. The molecule has 0 radical (unpaired) electrons. The van der Waals surface area contributed by atoms with Crippen LogP contribution < -0.4 is 0 Å². The molecule has 22 heavy (non-hydrogen) atoms. The lowest BCUT2D eigenvalue weighted by atomic mass is 10.2. The second-order valence-corrected chi connectivity index (χ2v) is 5.54. The number of benzene rings is 1. The highest BCUT2D eigenvalue weighted by Crippen LogP contribution is 2.16. The molecule has 1 heterocycles. The normalized spacial score (nSPS) is 12.2. The number of halogens is 1. The van der Waals surface area contributed by atoms with Gasteiger partial charge in [-0.1, -0.05) is 11.6 Å². The first kappa shape index (κ1) is 16.4. The summed E-state index contributed by atoms with van der Waals surface area (Å²) in [5.74, 6) is 0.303. The Morgan fingerprint density at radius 2 is 2.09 bits per heavy atom. The summed E-state index contributed by atoms with van der Waals surface area (Å²) >= 11 is 5.83. The number of carbonyl (C=O) groups is 1. The summed E-state index contributed by atoms with van der Waals surface area (Å²) in [4.78, 5) is 14.8. The van der Waals surface area contributed by atoms with Crippen LogP contribution in [0.2, 0.25) is 5.02 Å². The summed E-state index contributed by atoms with van der Waals surface area (Å²) < 4.78 is 0. The van der Waals surface area contributed by atoms with Gasteiger partial charge in [-0.25, -0.2) is 0 Å². The molecule has 0 aliphatic heterocycles. The lowest BCUT2D eigenvalue weighted by molar-refractivity contribution is -0.131. The molecule has 0 bridgehead atoms. The standard InChI is InChI=1S/C14H18ClN5O2/c1-10(21)7-8-19(2)13(22)9-20-17-14(16-18-20)11-3-5-12(15)6-4-11/h3-6,10,21H,7-9H2,1-2H3. The van der Waals surface area contributed by atoms with Gasteiger partial charge in [0.25, 0.3) is 0 Å². The Morgan fingerprint density at radius 3 is 2.73 bits per heavy atom. The van der Waals surface area contributed by atoms with E-state index < -0.39 is 6.10 Å². The van der Waals surface area contributed by atoms with Crippen LogP contribution in [0.25, 0.3) is 11.4 Å². The highest BCUT2D eigenvalue weighted by atomic mass is 35.5. The van der Waals surface area contributed by atoms with Gasteiger partial charge in [0.05, 0.1) is 6.10 Å². The topological polar surface area (TPSA) is 84.1 Å². The second kappa shape index (κ2) is 7.33. The van der Waals surface area contributed by atoms with Crippen LogP contribution in [0.3, 0.4) is 0 Å². The molecule has 1 aromatic carbocycles. The van der Waals surface area contributed by atoms with Gasteiger partial charge in [-0.3, -0.25) is 4.79 Å². The molecule has 0 saturated heterocycles. The van der Waals surface area contributed by atoms with E-state index in [1.54, 1.807) is 38.2 Å². The van der Waals surface area contributed by atoms with Gasteiger partial charge in [-0.15, -0.1) is 10.2 Å². The van der Waals surface area contributed by atoms with Crippen LogP contribution in [0, 0.1) is 0 Å². The van der Waals surface area contributed by atoms with E-state index in [0.29, 0.717) is 23.8 Å². The Bertz CT molecular complexity index is 626. The van der Waals surface area contributed by atoms with E-state index in [2.05, 4.69) is 15.4 Å². The van der Waals surface area contributed by atoms with E-state index in [0.717, 1.165) is 5.56 Å². The Morgan fingerprint density at radius 1 is 1.41 bits per heavy atom. The molecule has 1 N–H and O–H groups in total. The molecule has 2 aromatic rings. The third-order valence-corrected chi connectivity index (χ3v) is 3.39. The number of aliphatic hydroxyl groups is 1. The van der Waals surface area contributed by atoms with Crippen molar-refractivity contribution in [3.05, 3.63) is 29.3 Å². The number of nitrogens with zero attached hydrogens (tertiary/aromatic N) is 5. The molecule has 2 rings (SSSR count). The zero-order valence-corrected chi connectivity index (χ0v) is 13.2. The Labute approximate surface area is 133 Å². The van der Waals surface area contributed by atoms with Crippen molar-refractivity contribution < 1.29 is 9.90 Å². The van der Waals surface area contributed by atoms with Crippen molar-refractivity contribution in [2.45, 2.75) is 26.0 Å². The van der Waals surface area contributed by atoms with Crippen molar-refractivity contribution in [3.63, 3.8) is 0 Å². The summed E-state index contributed by atoms with van der Waals surface area (Å²) in [5.41, 5.74) is 0.783. The fraction of sp³-hybridized carbons (Fsp3) is 0.429. The number of amides is 1. The summed E-state index contributed by atoms with van der Waals surface area (Å²) in [5, 5.41) is 21.9. The van der Waals surface area contributed by atoms with Gasteiger partial charge in [0.15, 0.2) is 0 Å². The fourth-order valence-corrected chi connectivity index (χ4v) is 1.90. The van der Waals surface area contributed by atoms with Gasteiger partial charge < -0.3 is 10.0 Å². The van der Waals surface area contributed by atoms with Crippen LogP contribution >= 0.6 is 11.6 Å². The van der Waals surface area contributed by atoms with E-state index in [1.807, 2.05) is 0 Å². The second-order valence-electron chi connectivity index (χ2n) is 5.10. The largest absolute Gasteiger partial charge is 0.393 e. The van der Waals surface area contributed by atoms with E-state index >= 15 is 0 Å². The van der Waals surface area contributed by atoms with Crippen LogP contribution in [0.15, 0.2) is 24.3 Å². The van der Waals surface area contributed by atoms with Crippen LogP contribution in [0.5, 0.6) is 0 Å². The minimum Gasteiger partial charge on any atom is -0.393 e. The average molecular weight is 324 g/mol. The van der Waals surface area contributed by atoms with Crippen LogP contribution in [0.4, 0.5) is 0 Å². The fourth-order valence-electron chi connectivity index (χ4n) is 1.77. The maximum atomic E-state index is 12.0. The number of tetrazole rings is 1. The van der Waals surface area contributed by atoms with Gasteiger partial charge >= 0.3 is 0 Å². The van der Waals surface area contributed by atoms with Crippen molar-refractivity contribution in [1.82, 2.24) is 25.1 Å². The zero-order chi connectivity index (χ0) is 16.1. The summed E-state index contributed by atoms with van der Waals surface area (Å²) in [6.07, 6.45) is 0.0968. The quantitative estimate of drug-likeness (QED) is 0.864. The van der Waals surface area contributed by atoms with Crippen LogP contribution in [-0.4, -0.2) is 55.8 Å². The van der Waals surface area contributed by atoms with Crippen molar-refractivity contribution in [3.8, 4) is 11.4 Å². The molecule has 8 heteroatoms. The molecule has 1 unspecified atom stereocenters. The minimum absolute atomic E-state index is 0.0108. The lowest BCUT2D eigenvalue weighted by Crippen LogP contribution is -2.33. The minimum atomic E-state index is -0.434. The zero-order valence-electron chi connectivity index (χ0n) is 12.5. The van der Waals surface area contributed by atoms with Crippen molar-refractivity contribution in [1.29, 1.82) is 0 Å². The summed E-state index contributed by atoms with van der Waals surface area (Å²) in [6.45, 7) is 2.18. The van der Waals surface area contributed by atoms with Gasteiger partial charge in [0.2, 0.25) is 11.7 Å². The number of aliphatic hydroxyl groups excluding tert-OH is 1.